The standard InChI is InChI=1S/C19H27N5O3/c1-14(18(26)22-19(27)21-16-7-8-16)24-11-9-23(10-12-24)13-17(25)20-15-5-3-2-4-6-15/h2-6,14,16H,7-13H2,1H3,(H,20,25)(H2,21,22,26,27)/t14-/m0/s1. The third-order valence-electron chi connectivity index (χ3n) is 4.91. The van der Waals surface area contributed by atoms with Crippen molar-refractivity contribution in [3.05, 3.63) is 30.3 Å². The van der Waals surface area contributed by atoms with Crippen molar-refractivity contribution < 1.29 is 14.4 Å². The number of imide groups is 1. The third-order valence-corrected chi connectivity index (χ3v) is 4.91. The van der Waals surface area contributed by atoms with Gasteiger partial charge in [0.1, 0.15) is 0 Å². The molecule has 0 bridgehead atoms. The van der Waals surface area contributed by atoms with Gasteiger partial charge in [-0.25, -0.2) is 4.79 Å². The van der Waals surface area contributed by atoms with Gasteiger partial charge in [-0.1, -0.05) is 18.2 Å². The molecule has 1 aromatic carbocycles. The SMILES string of the molecule is C[C@@H](C(=O)NC(=O)NC1CC1)N1CCN(CC(=O)Nc2ccccc2)CC1. The Kier molecular flexibility index (Phi) is 6.41. The normalized spacial score (nSPS) is 19.1. The maximum atomic E-state index is 12.2. The Bertz CT molecular complexity index is 669. The fraction of sp³-hybridized carbons (Fsp3) is 0.526. The number of para-hydroxylation sites is 1. The van der Waals surface area contributed by atoms with Crippen molar-refractivity contribution >= 4 is 23.5 Å². The number of amides is 4. The highest BCUT2D eigenvalue weighted by atomic mass is 16.2. The molecule has 0 aromatic heterocycles. The Hall–Kier alpha value is -2.45. The van der Waals surface area contributed by atoms with Crippen molar-refractivity contribution in [2.45, 2.75) is 31.8 Å². The summed E-state index contributed by atoms with van der Waals surface area (Å²) in [7, 11) is 0. The van der Waals surface area contributed by atoms with Crippen molar-refractivity contribution in [3.63, 3.8) is 0 Å². The van der Waals surface area contributed by atoms with Gasteiger partial charge in [-0.05, 0) is 31.9 Å². The van der Waals surface area contributed by atoms with Crippen LogP contribution in [0.3, 0.4) is 0 Å². The fourth-order valence-electron chi connectivity index (χ4n) is 3.07. The van der Waals surface area contributed by atoms with Gasteiger partial charge in [-0.2, -0.15) is 0 Å². The minimum Gasteiger partial charge on any atom is -0.335 e. The number of carbonyl (C=O) groups is 3. The van der Waals surface area contributed by atoms with Crippen LogP contribution in [0.1, 0.15) is 19.8 Å². The molecule has 0 unspecified atom stereocenters. The molecular weight excluding hydrogens is 346 g/mol. The number of carbonyl (C=O) groups excluding carboxylic acids is 3. The molecule has 1 saturated carbocycles. The molecule has 8 nitrogen and oxygen atoms in total. The summed E-state index contributed by atoms with van der Waals surface area (Å²) in [5.41, 5.74) is 0.788. The molecule has 146 valence electrons. The van der Waals surface area contributed by atoms with E-state index < -0.39 is 6.03 Å². The Morgan fingerprint density at radius 2 is 1.74 bits per heavy atom. The lowest BCUT2D eigenvalue weighted by molar-refractivity contribution is -0.126. The molecule has 2 fully saturated rings. The van der Waals surface area contributed by atoms with Crippen molar-refractivity contribution in [2.24, 2.45) is 0 Å². The van der Waals surface area contributed by atoms with E-state index in [4.69, 9.17) is 0 Å². The van der Waals surface area contributed by atoms with Gasteiger partial charge in [0.15, 0.2) is 0 Å². The van der Waals surface area contributed by atoms with Crippen LogP contribution in [0.25, 0.3) is 0 Å². The lowest BCUT2D eigenvalue weighted by atomic mass is 10.2. The highest BCUT2D eigenvalue weighted by Gasteiger charge is 2.29. The molecule has 8 heteroatoms. The van der Waals surface area contributed by atoms with Crippen LogP contribution in [0, 0.1) is 0 Å². The summed E-state index contributed by atoms with van der Waals surface area (Å²) < 4.78 is 0. The summed E-state index contributed by atoms with van der Waals surface area (Å²) in [6, 6.07) is 8.81. The van der Waals surface area contributed by atoms with Crippen molar-refractivity contribution in [3.8, 4) is 0 Å². The van der Waals surface area contributed by atoms with Gasteiger partial charge in [0.25, 0.3) is 0 Å². The highest BCUT2D eigenvalue weighted by Crippen LogP contribution is 2.18. The molecule has 1 aromatic rings. The zero-order chi connectivity index (χ0) is 19.2. The number of hydrogen-bond donors (Lipinski definition) is 3. The van der Waals surface area contributed by atoms with E-state index >= 15 is 0 Å². The van der Waals surface area contributed by atoms with Gasteiger partial charge in [0.2, 0.25) is 11.8 Å². The predicted octanol–water partition coefficient (Wildman–Crippen LogP) is 0.619. The summed E-state index contributed by atoms with van der Waals surface area (Å²) in [6.07, 6.45) is 1.97. The van der Waals surface area contributed by atoms with Crippen LogP contribution in [0.5, 0.6) is 0 Å². The number of nitrogens with one attached hydrogen (secondary N) is 3. The zero-order valence-electron chi connectivity index (χ0n) is 15.6. The van der Waals surface area contributed by atoms with E-state index in [9.17, 15) is 14.4 Å². The van der Waals surface area contributed by atoms with Crippen molar-refractivity contribution in [1.29, 1.82) is 0 Å². The van der Waals surface area contributed by atoms with E-state index in [1.165, 1.54) is 0 Å². The molecule has 27 heavy (non-hydrogen) atoms. The molecule has 3 N–H and O–H groups in total. The smallest absolute Gasteiger partial charge is 0.321 e. The third kappa shape index (κ3) is 6.04. The van der Waals surface area contributed by atoms with E-state index in [1.54, 1.807) is 6.92 Å². The molecule has 2 aliphatic rings. The first kappa shape index (κ1) is 19.3. The van der Waals surface area contributed by atoms with Crippen molar-refractivity contribution in [1.82, 2.24) is 20.4 Å². The molecule has 0 spiro atoms. The summed E-state index contributed by atoms with van der Waals surface area (Å²) in [5, 5.41) is 8.04. The maximum Gasteiger partial charge on any atom is 0.321 e. The Balaban J connectivity index is 1.37. The van der Waals surface area contributed by atoms with Crippen LogP contribution in [0.4, 0.5) is 10.5 Å². The van der Waals surface area contributed by atoms with Crippen LogP contribution >= 0.6 is 0 Å². The van der Waals surface area contributed by atoms with E-state index in [2.05, 4.69) is 20.9 Å². The summed E-state index contributed by atoms with van der Waals surface area (Å²) in [4.78, 5) is 40.2. The molecule has 1 aliphatic heterocycles. The van der Waals surface area contributed by atoms with E-state index in [0.29, 0.717) is 32.7 Å². The van der Waals surface area contributed by atoms with Gasteiger partial charge in [-0.3, -0.25) is 24.7 Å². The first-order valence-electron chi connectivity index (χ1n) is 9.44. The summed E-state index contributed by atoms with van der Waals surface area (Å²) >= 11 is 0. The number of urea groups is 1. The molecule has 1 atom stereocenters. The van der Waals surface area contributed by atoms with E-state index in [0.717, 1.165) is 18.5 Å². The molecule has 1 heterocycles. The van der Waals surface area contributed by atoms with Crippen LogP contribution < -0.4 is 16.0 Å². The first-order chi connectivity index (χ1) is 13.0. The fourth-order valence-corrected chi connectivity index (χ4v) is 3.07. The number of piperazine rings is 1. The zero-order valence-corrected chi connectivity index (χ0v) is 15.6. The van der Waals surface area contributed by atoms with E-state index in [-0.39, 0.29) is 23.9 Å². The minimum atomic E-state index is -0.412. The monoisotopic (exact) mass is 373 g/mol. The van der Waals surface area contributed by atoms with Crippen LogP contribution in [0.15, 0.2) is 30.3 Å². The van der Waals surface area contributed by atoms with Gasteiger partial charge in [-0.15, -0.1) is 0 Å². The largest absolute Gasteiger partial charge is 0.335 e. The van der Waals surface area contributed by atoms with Crippen molar-refractivity contribution in [2.75, 3.05) is 38.0 Å². The van der Waals surface area contributed by atoms with Crippen LogP contribution in [0.2, 0.25) is 0 Å². The van der Waals surface area contributed by atoms with Crippen LogP contribution in [-0.4, -0.2) is 72.5 Å². The molecule has 1 aliphatic carbocycles. The second kappa shape index (κ2) is 8.96. The van der Waals surface area contributed by atoms with Crippen LogP contribution in [-0.2, 0) is 9.59 Å². The Labute approximate surface area is 159 Å². The minimum absolute atomic E-state index is 0.0443. The number of hydrogen-bond acceptors (Lipinski definition) is 5. The average molecular weight is 373 g/mol. The topological polar surface area (TPSA) is 93.8 Å². The lowest BCUT2D eigenvalue weighted by Crippen LogP contribution is -2.56. The van der Waals surface area contributed by atoms with Gasteiger partial charge >= 0.3 is 6.03 Å². The summed E-state index contributed by atoms with van der Waals surface area (Å²) in [6.45, 7) is 4.89. The Morgan fingerprint density at radius 3 is 2.37 bits per heavy atom. The Morgan fingerprint density at radius 1 is 1.07 bits per heavy atom. The average Bonchev–Trinajstić information content (AvgIpc) is 3.46. The predicted molar refractivity (Wildman–Crippen MR) is 102 cm³/mol. The summed E-state index contributed by atoms with van der Waals surface area (Å²) in [5.74, 6) is -0.333. The molecule has 0 radical (unpaired) electrons. The number of rotatable bonds is 6. The number of nitrogens with zero attached hydrogens (tertiary/aromatic N) is 2. The maximum absolute atomic E-state index is 12.2. The second-order valence-corrected chi connectivity index (χ2v) is 7.14. The molecule has 4 amide bonds. The quantitative estimate of drug-likeness (QED) is 0.680. The highest BCUT2D eigenvalue weighted by molar-refractivity contribution is 5.97. The molecular formula is C19H27N5O3. The van der Waals surface area contributed by atoms with Gasteiger partial charge in [0, 0.05) is 37.9 Å². The lowest BCUT2D eigenvalue weighted by Gasteiger charge is -2.36. The van der Waals surface area contributed by atoms with Gasteiger partial charge < -0.3 is 10.6 Å². The number of benzene rings is 1. The van der Waals surface area contributed by atoms with Gasteiger partial charge in [0.05, 0.1) is 12.6 Å². The first-order valence-corrected chi connectivity index (χ1v) is 9.44. The number of anilines is 1. The second-order valence-electron chi connectivity index (χ2n) is 7.14. The molecule has 1 saturated heterocycles. The molecule has 3 rings (SSSR count). The van der Waals surface area contributed by atoms with E-state index in [1.807, 2.05) is 35.2 Å².